The van der Waals surface area contributed by atoms with Crippen molar-refractivity contribution in [2.45, 2.75) is 12.8 Å². The van der Waals surface area contributed by atoms with Gasteiger partial charge in [-0.1, -0.05) is 24.8 Å². The first-order valence-electron chi connectivity index (χ1n) is 8.75. The van der Waals surface area contributed by atoms with Crippen LogP contribution < -0.4 is 14.8 Å². The molecule has 1 N–H and O–H groups in total. The lowest BCUT2D eigenvalue weighted by Crippen LogP contribution is -2.24. The van der Waals surface area contributed by atoms with E-state index in [0.717, 1.165) is 23.4 Å². The molecular weight excluding hydrogens is 360 g/mol. The van der Waals surface area contributed by atoms with Crippen molar-refractivity contribution in [3.05, 3.63) is 65.7 Å². The molecular formula is C21H22N2O3S. The Kier molecular flexibility index (Phi) is 6.44. The lowest BCUT2D eigenvalue weighted by Gasteiger charge is -2.11. The first-order valence-corrected chi connectivity index (χ1v) is 9.57. The molecule has 0 radical (unpaired) electrons. The number of hydrogen-bond acceptors (Lipinski definition) is 5. The van der Waals surface area contributed by atoms with Crippen LogP contribution >= 0.6 is 11.3 Å². The summed E-state index contributed by atoms with van der Waals surface area (Å²) in [7, 11) is 1.55. The summed E-state index contributed by atoms with van der Waals surface area (Å²) in [6, 6.07) is 13.3. The van der Waals surface area contributed by atoms with E-state index in [4.69, 9.17) is 9.47 Å². The smallest absolute Gasteiger partial charge is 0.251 e. The van der Waals surface area contributed by atoms with Gasteiger partial charge < -0.3 is 14.8 Å². The number of fused-ring (bicyclic) bond motifs is 1. The number of para-hydroxylation sites is 1. The van der Waals surface area contributed by atoms with Crippen molar-refractivity contribution >= 4 is 27.5 Å². The molecule has 0 atom stereocenters. The Morgan fingerprint density at radius 2 is 2.11 bits per heavy atom. The summed E-state index contributed by atoms with van der Waals surface area (Å²) in [5, 5.41) is 4.04. The molecule has 3 aromatic rings. The van der Waals surface area contributed by atoms with Crippen molar-refractivity contribution in [3.63, 3.8) is 0 Å². The van der Waals surface area contributed by atoms with Gasteiger partial charge in [-0.15, -0.1) is 11.3 Å². The van der Waals surface area contributed by atoms with Crippen LogP contribution in [0.5, 0.6) is 11.5 Å². The minimum Gasteiger partial charge on any atom is -0.493 e. The van der Waals surface area contributed by atoms with Crippen LogP contribution in [0.4, 0.5) is 0 Å². The van der Waals surface area contributed by atoms with Crippen LogP contribution in [-0.2, 0) is 6.42 Å². The van der Waals surface area contributed by atoms with Gasteiger partial charge in [0.25, 0.3) is 5.91 Å². The number of thiazole rings is 1. The van der Waals surface area contributed by atoms with Crippen molar-refractivity contribution in [1.82, 2.24) is 10.3 Å². The number of aromatic nitrogens is 1. The molecule has 0 bridgehead atoms. The minimum atomic E-state index is -0.132. The van der Waals surface area contributed by atoms with E-state index in [1.165, 1.54) is 4.70 Å². The summed E-state index contributed by atoms with van der Waals surface area (Å²) in [5.74, 6) is 0.983. The van der Waals surface area contributed by atoms with Crippen LogP contribution in [-0.4, -0.2) is 31.2 Å². The average molecular weight is 382 g/mol. The summed E-state index contributed by atoms with van der Waals surface area (Å²) in [6.45, 7) is 4.59. The van der Waals surface area contributed by atoms with E-state index in [2.05, 4.69) is 22.9 Å². The lowest BCUT2D eigenvalue weighted by molar-refractivity contribution is 0.0953. The third kappa shape index (κ3) is 4.86. The molecule has 0 aliphatic heterocycles. The predicted octanol–water partition coefficient (Wildman–Crippen LogP) is 4.23. The first kappa shape index (κ1) is 18.9. The number of benzene rings is 2. The molecule has 0 unspecified atom stereocenters. The van der Waals surface area contributed by atoms with Crippen LogP contribution in [0.3, 0.4) is 0 Å². The Morgan fingerprint density at radius 1 is 1.26 bits per heavy atom. The summed E-state index contributed by atoms with van der Waals surface area (Å²) in [5.41, 5.74) is 1.57. The van der Waals surface area contributed by atoms with Crippen molar-refractivity contribution in [1.29, 1.82) is 0 Å². The lowest BCUT2D eigenvalue weighted by atomic mass is 10.2. The van der Waals surface area contributed by atoms with Gasteiger partial charge in [-0.05, 0) is 36.8 Å². The molecule has 27 heavy (non-hydrogen) atoms. The second kappa shape index (κ2) is 9.19. The molecule has 1 heterocycles. The summed E-state index contributed by atoms with van der Waals surface area (Å²) in [4.78, 5) is 17.0. The van der Waals surface area contributed by atoms with Crippen LogP contribution in [0, 0.1) is 0 Å². The van der Waals surface area contributed by atoms with Crippen LogP contribution in [0.15, 0.2) is 55.1 Å². The highest BCUT2D eigenvalue weighted by Crippen LogP contribution is 2.28. The van der Waals surface area contributed by atoms with Crippen molar-refractivity contribution in [3.8, 4) is 11.5 Å². The van der Waals surface area contributed by atoms with E-state index in [1.807, 2.05) is 18.2 Å². The number of nitrogens with one attached hydrogen (secondary N) is 1. The zero-order chi connectivity index (χ0) is 19.1. The monoisotopic (exact) mass is 382 g/mol. The molecule has 0 saturated carbocycles. The van der Waals surface area contributed by atoms with Gasteiger partial charge in [0, 0.05) is 18.5 Å². The van der Waals surface area contributed by atoms with Gasteiger partial charge in [0.2, 0.25) is 0 Å². The number of rotatable bonds is 9. The molecule has 140 valence electrons. The zero-order valence-corrected chi connectivity index (χ0v) is 16.1. The number of amides is 1. The Balaban J connectivity index is 1.52. The van der Waals surface area contributed by atoms with Gasteiger partial charge in [-0.25, -0.2) is 4.98 Å². The van der Waals surface area contributed by atoms with Gasteiger partial charge in [-0.2, -0.15) is 0 Å². The summed E-state index contributed by atoms with van der Waals surface area (Å²) >= 11 is 1.70. The molecule has 3 rings (SSSR count). The largest absolute Gasteiger partial charge is 0.493 e. The quantitative estimate of drug-likeness (QED) is 0.444. The molecule has 0 aliphatic rings. The number of ether oxygens (including phenoxy) is 2. The Morgan fingerprint density at radius 3 is 2.89 bits per heavy atom. The zero-order valence-electron chi connectivity index (χ0n) is 15.2. The van der Waals surface area contributed by atoms with Crippen LogP contribution in [0.1, 0.15) is 21.8 Å². The predicted molar refractivity (Wildman–Crippen MR) is 109 cm³/mol. The number of nitrogens with zero attached hydrogens (tertiary/aromatic N) is 1. The molecule has 1 aromatic heterocycles. The maximum absolute atomic E-state index is 12.4. The summed E-state index contributed by atoms with van der Waals surface area (Å²) < 4.78 is 12.0. The van der Waals surface area contributed by atoms with Crippen molar-refractivity contribution in [2.24, 2.45) is 0 Å². The van der Waals surface area contributed by atoms with Crippen molar-refractivity contribution in [2.75, 3.05) is 20.3 Å². The number of hydrogen-bond donors (Lipinski definition) is 1. The van der Waals surface area contributed by atoms with E-state index < -0.39 is 0 Å². The standard InChI is InChI=1S/C21H22N2O3S/c1-3-13-26-17-11-10-15(14-18(17)25-2)21(24)22-12-6-9-20-23-16-7-4-5-8-19(16)27-20/h3-5,7-8,10-11,14H,1,6,9,12-13H2,2H3,(H,22,24). The minimum absolute atomic E-state index is 0.132. The second-order valence-corrected chi connectivity index (χ2v) is 7.02. The maximum Gasteiger partial charge on any atom is 0.251 e. The molecule has 0 fully saturated rings. The van der Waals surface area contributed by atoms with Gasteiger partial charge in [0.15, 0.2) is 11.5 Å². The molecule has 2 aromatic carbocycles. The Hall–Kier alpha value is -2.86. The first-order chi connectivity index (χ1) is 13.2. The maximum atomic E-state index is 12.4. The number of carbonyl (C=O) groups is 1. The number of methoxy groups -OCH3 is 1. The van der Waals surface area contributed by atoms with E-state index in [9.17, 15) is 4.79 Å². The topological polar surface area (TPSA) is 60.5 Å². The van der Waals surface area contributed by atoms with E-state index in [1.54, 1.807) is 42.7 Å². The number of carbonyl (C=O) groups excluding carboxylic acids is 1. The molecule has 6 heteroatoms. The van der Waals surface area contributed by atoms with Crippen molar-refractivity contribution < 1.29 is 14.3 Å². The molecule has 0 aliphatic carbocycles. The Labute approximate surface area is 162 Å². The molecule has 0 saturated heterocycles. The fourth-order valence-corrected chi connectivity index (χ4v) is 3.66. The molecule has 5 nitrogen and oxygen atoms in total. The molecule has 1 amide bonds. The average Bonchev–Trinajstić information content (AvgIpc) is 3.12. The van der Waals surface area contributed by atoms with Crippen LogP contribution in [0.25, 0.3) is 10.2 Å². The number of aryl methyl sites for hydroxylation is 1. The third-order valence-corrected chi connectivity index (χ3v) is 5.07. The SMILES string of the molecule is C=CCOc1ccc(C(=O)NCCCc2nc3ccccc3s2)cc1OC. The van der Waals surface area contributed by atoms with Gasteiger partial charge in [0.05, 0.1) is 22.3 Å². The summed E-state index contributed by atoms with van der Waals surface area (Å²) in [6.07, 6.45) is 3.34. The van der Waals surface area contributed by atoms with Gasteiger partial charge >= 0.3 is 0 Å². The highest BCUT2D eigenvalue weighted by molar-refractivity contribution is 7.18. The van der Waals surface area contributed by atoms with E-state index >= 15 is 0 Å². The van der Waals surface area contributed by atoms with Gasteiger partial charge in [-0.3, -0.25) is 4.79 Å². The molecule has 0 spiro atoms. The van der Waals surface area contributed by atoms with Crippen LogP contribution in [0.2, 0.25) is 0 Å². The van der Waals surface area contributed by atoms with E-state index in [0.29, 0.717) is 30.2 Å². The van der Waals surface area contributed by atoms with E-state index in [-0.39, 0.29) is 5.91 Å². The fraction of sp³-hybridized carbons (Fsp3) is 0.238. The second-order valence-electron chi connectivity index (χ2n) is 5.90. The Bertz CT molecular complexity index is 903. The highest BCUT2D eigenvalue weighted by atomic mass is 32.1. The third-order valence-electron chi connectivity index (χ3n) is 3.97. The van der Waals surface area contributed by atoms with Gasteiger partial charge in [0.1, 0.15) is 6.61 Å². The normalized spacial score (nSPS) is 10.6. The highest BCUT2D eigenvalue weighted by Gasteiger charge is 2.11. The fourth-order valence-electron chi connectivity index (χ4n) is 2.65.